The molecule has 2 aliphatic heterocycles. The molecule has 2 fully saturated rings. The molecule has 180 valence electrons. The van der Waals surface area contributed by atoms with Gasteiger partial charge in [-0.25, -0.2) is 4.79 Å². The van der Waals surface area contributed by atoms with Gasteiger partial charge in [0.1, 0.15) is 17.4 Å². The second kappa shape index (κ2) is 9.85. The SMILES string of the molecule is CCC1(c2ccccc2)NC(=O)N(NC(=O)CN2CCC(Oc3cc(C)ccc3C)CC2)C1=O. The van der Waals surface area contributed by atoms with E-state index in [9.17, 15) is 14.4 Å². The number of imide groups is 1. The molecule has 2 saturated heterocycles. The fourth-order valence-corrected chi connectivity index (χ4v) is 4.60. The van der Waals surface area contributed by atoms with E-state index in [0.29, 0.717) is 25.1 Å². The number of ether oxygens (including phenoxy) is 1. The van der Waals surface area contributed by atoms with Crippen LogP contribution in [0.15, 0.2) is 48.5 Å². The fraction of sp³-hybridized carbons (Fsp3) is 0.423. The molecule has 1 unspecified atom stereocenters. The Labute approximate surface area is 200 Å². The Morgan fingerprint density at radius 3 is 2.50 bits per heavy atom. The Kier molecular flexibility index (Phi) is 6.88. The first-order chi connectivity index (χ1) is 16.3. The van der Waals surface area contributed by atoms with Crippen molar-refractivity contribution in [2.75, 3.05) is 19.6 Å². The fourth-order valence-electron chi connectivity index (χ4n) is 4.60. The van der Waals surface area contributed by atoms with Crippen molar-refractivity contribution in [3.63, 3.8) is 0 Å². The average Bonchev–Trinajstić information content (AvgIpc) is 3.08. The van der Waals surface area contributed by atoms with Crippen LogP contribution in [0.4, 0.5) is 4.79 Å². The lowest BCUT2D eigenvalue weighted by Gasteiger charge is -2.32. The molecule has 2 aromatic rings. The summed E-state index contributed by atoms with van der Waals surface area (Å²) in [5.74, 6) is 0.0464. The molecule has 4 amide bonds. The molecule has 8 nitrogen and oxygen atoms in total. The maximum atomic E-state index is 13.2. The quantitative estimate of drug-likeness (QED) is 0.615. The highest BCUT2D eigenvalue weighted by Crippen LogP contribution is 2.31. The minimum atomic E-state index is -1.17. The van der Waals surface area contributed by atoms with Gasteiger partial charge in [-0.2, -0.15) is 5.01 Å². The van der Waals surface area contributed by atoms with Gasteiger partial charge in [0.05, 0.1) is 6.54 Å². The Hall–Kier alpha value is -3.39. The van der Waals surface area contributed by atoms with Gasteiger partial charge in [-0.15, -0.1) is 0 Å². The van der Waals surface area contributed by atoms with E-state index in [0.717, 1.165) is 34.7 Å². The molecular formula is C26H32N4O4. The van der Waals surface area contributed by atoms with Gasteiger partial charge < -0.3 is 10.1 Å². The van der Waals surface area contributed by atoms with Crippen LogP contribution in [-0.2, 0) is 15.1 Å². The largest absolute Gasteiger partial charge is 0.490 e. The normalized spacial score (nSPS) is 21.4. The summed E-state index contributed by atoms with van der Waals surface area (Å²) in [7, 11) is 0. The first kappa shape index (κ1) is 23.8. The maximum absolute atomic E-state index is 13.2. The second-order valence-electron chi connectivity index (χ2n) is 9.09. The van der Waals surface area contributed by atoms with E-state index < -0.39 is 23.4 Å². The van der Waals surface area contributed by atoms with Crippen LogP contribution in [0.25, 0.3) is 0 Å². The van der Waals surface area contributed by atoms with Crippen LogP contribution in [0, 0.1) is 13.8 Å². The first-order valence-electron chi connectivity index (χ1n) is 11.8. The smallest absolute Gasteiger partial charge is 0.344 e. The highest BCUT2D eigenvalue weighted by atomic mass is 16.5. The summed E-state index contributed by atoms with van der Waals surface area (Å²) in [6.45, 7) is 7.43. The molecule has 0 saturated carbocycles. The Morgan fingerprint density at radius 1 is 1.12 bits per heavy atom. The van der Waals surface area contributed by atoms with Gasteiger partial charge in [0.25, 0.3) is 11.8 Å². The molecule has 1 atom stereocenters. The number of hydrogen-bond acceptors (Lipinski definition) is 5. The van der Waals surface area contributed by atoms with Crippen molar-refractivity contribution in [1.82, 2.24) is 20.7 Å². The minimum absolute atomic E-state index is 0.0989. The molecule has 2 aliphatic rings. The van der Waals surface area contributed by atoms with Crippen LogP contribution in [0.1, 0.15) is 42.9 Å². The molecule has 8 heteroatoms. The Bertz CT molecular complexity index is 1070. The van der Waals surface area contributed by atoms with Gasteiger partial charge in [0.2, 0.25) is 0 Å². The lowest BCUT2D eigenvalue weighted by molar-refractivity contribution is -0.140. The number of piperidine rings is 1. The molecule has 4 rings (SSSR count). The number of nitrogens with one attached hydrogen (secondary N) is 2. The number of hydrazine groups is 1. The zero-order valence-electron chi connectivity index (χ0n) is 20.0. The van der Waals surface area contributed by atoms with E-state index >= 15 is 0 Å². The number of rotatable bonds is 7. The van der Waals surface area contributed by atoms with E-state index in [1.165, 1.54) is 0 Å². The van der Waals surface area contributed by atoms with Crippen LogP contribution in [-0.4, -0.2) is 53.5 Å². The highest BCUT2D eigenvalue weighted by molar-refractivity contribution is 6.08. The molecule has 2 heterocycles. The molecule has 0 radical (unpaired) electrons. The Balaban J connectivity index is 1.31. The highest BCUT2D eigenvalue weighted by Gasteiger charge is 2.52. The third kappa shape index (κ3) is 4.77. The van der Waals surface area contributed by atoms with E-state index in [-0.39, 0.29) is 12.6 Å². The zero-order chi connectivity index (χ0) is 24.3. The molecular weight excluding hydrogens is 432 g/mol. The predicted molar refractivity (Wildman–Crippen MR) is 128 cm³/mol. The standard InChI is InChI=1S/C26H32N4O4/c1-4-26(20-8-6-5-7-9-20)24(32)30(25(33)27-26)28-23(31)17-29-14-12-21(13-15-29)34-22-16-18(2)10-11-19(22)3/h5-11,16,21H,4,12-15,17H2,1-3H3,(H,27,33)(H,28,31). The molecule has 0 bridgehead atoms. The summed E-state index contributed by atoms with van der Waals surface area (Å²) in [6.07, 6.45) is 2.08. The number of amides is 4. The third-order valence-electron chi connectivity index (χ3n) is 6.66. The van der Waals surface area contributed by atoms with Crippen molar-refractivity contribution in [3.8, 4) is 5.75 Å². The third-order valence-corrected chi connectivity index (χ3v) is 6.66. The monoisotopic (exact) mass is 464 g/mol. The summed E-state index contributed by atoms with van der Waals surface area (Å²) < 4.78 is 6.20. The van der Waals surface area contributed by atoms with Gasteiger partial charge in [0.15, 0.2) is 0 Å². The number of benzene rings is 2. The van der Waals surface area contributed by atoms with E-state index in [1.807, 2.05) is 43.9 Å². The first-order valence-corrected chi connectivity index (χ1v) is 11.8. The molecule has 0 spiro atoms. The van der Waals surface area contributed by atoms with Gasteiger partial charge in [-0.05, 0) is 55.9 Å². The van der Waals surface area contributed by atoms with E-state index in [2.05, 4.69) is 28.9 Å². The summed E-state index contributed by atoms with van der Waals surface area (Å²) in [4.78, 5) is 40.4. The number of carbonyl (C=O) groups excluding carboxylic acids is 3. The van der Waals surface area contributed by atoms with Crippen LogP contribution >= 0.6 is 0 Å². The summed E-state index contributed by atoms with van der Waals surface area (Å²) >= 11 is 0. The Morgan fingerprint density at radius 2 is 1.82 bits per heavy atom. The van der Waals surface area contributed by atoms with Crippen LogP contribution in [0.3, 0.4) is 0 Å². The number of hydrogen-bond donors (Lipinski definition) is 2. The van der Waals surface area contributed by atoms with Crippen LogP contribution in [0.5, 0.6) is 5.75 Å². The van der Waals surface area contributed by atoms with Crippen molar-refractivity contribution in [2.24, 2.45) is 0 Å². The summed E-state index contributed by atoms with van der Waals surface area (Å²) in [5, 5.41) is 3.59. The molecule has 2 N–H and O–H groups in total. The van der Waals surface area contributed by atoms with Gasteiger partial charge >= 0.3 is 6.03 Å². The predicted octanol–water partition coefficient (Wildman–Crippen LogP) is 3.04. The van der Waals surface area contributed by atoms with Crippen molar-refractivity contribution in [1.29, 1.82) is 0 Å². The van der Waals surface area contributed by atoms with Crippen molar-refractivity contribution in [3.05, 3.63) is 65.2 Å². The minimum Gasteiger partial charge on any atom is -0.490 e. The van der Waals surface area contributed by atoms with Crippen LogP contribution < -0.4 is 15.5 Å². The number of aryl methyl sites for hydroxylation is 2. The lowest BCUT2D eigenvalue weighted by atomic mass is 9.87. The second-order valence-corrected chi connectivity index (χ2v) is 9.09. The summed E-state index contributed by atoms with van der Waals surface area (Å²) in [5.41, 5.74) is 4.30. The van der Waals surface area contributed by atoms with Crippen LogP contribution in [0.2, 0.25) is 0 Å². The number of carbonyl (C=O) groups is 3. The van der Waals surface area contributed by atoms with Crippen molar-refractivity contribution in [2.45, 2.75) is 51.7 Å². The average molecular weight is 465 g/mol. The molecule has 0 aromatic heterocycles. The maximum Gasteiger partial charge on any atom is 0.344 e. The topological polar surface area (TPSA) is 91.0 Å². The number of urea groups is 1. The zero-order valence-corrected chi connectivity index (χ0v) is 20.0. The summed E-state index contributed by atoms with van der Waals surface area (Å²) in [6, 6.07) is 14.7. The van der Waals surface area contributed by atoms with E-state index in [4.69, 9.17) is 4.74 Å². The number of likely N-dealkylation sites (tertiary alicyclic amines) is 1. The molecule has 2 aromatic carbocycles. The lowest BCUT2D eigenvalue weighted by Crippen LogP contribution is -2.52. The van der Waals surface area contributed by atoms with E-state index in [1.54, 1.807) is 12.1 Å². The van der Waals surface area contributed by atoms with Gasteiger partial charge in [-0.3, -0.25) is 19.9 Å². The number of nitrogens with zero attached hydrogens (tertiary/aromatic N) is 2. The van der Waals surface area contributed by atoms with Crippen molar-refractivity contribution >= 4 is 17.8 Å². The van der Waals surface area contributed by atoms with Gasteiger partial charge in [0, 0.05) is 13.1 Å². The molecule has 34 heavy (non-hydrogen) atoms. The van der Waals surface area contributed by atoms with Gasteiger partial charge in [-0.1, -0.05) is 49.4 Å². The molecule has 0 aliphatic carbocycles. The van der Waals surface area contributed by atoms with Crippen molar-refractivity contribution < 1.29 is 19.1 Å².